The van der Waals surface area contributed by atoms with E-state index in [1.54, 1.807) is 58.9 Å². The van der Waals surface area contributed by atoms with E-state index in [-0.39, 0.29) is 0 Å². The number of benzene rings is 3. The van der Waals surface area contributed by atoms with E-state index in [0.717, 1.165) is 21.0 Å². The predicted octanol–water partition coefficient (Wildman–Crippen LogP) is 7.21. The lowest BCUT2D eigenvalue weighted by Gasteiger charge is -2.04. The van der Waals surface area contributed by atoms with Gasteiger partial charge in [0.2, 0.25) is 4.80 Å². The first-order chi connectivity index (χ1) is 17.5. The summed E-state index contributed by atoms with van der Waals surface area (Å²) in [5.41, 5.74) is 2.57. The lowest BCUT2D eigenvalue weighted by atomic mass is 10.1. The maximum absolute atomic E-state index is 12.9. The SMILES string of the molecule is O=c1oc2ccc(Br)cc2cc1-c1cs/c(=N/N=C\c2ccc(Cl)cc2)n1/N=C/c1ccc(Cl)cc1. The number of fused-ring (bicyclic) bond motifs is 1. The van der Waals surface area contributed by atoms with E-state index in [1.807, 2.05) is 36.4 Å². The standard InChI is InChI=1S/C26H15BrCl2N4O2S/c27-19-5-10-24-18(11-19)12-22(25(34)35-24)23-15-36-26(32-30-13-16-1-6-20(28)7-2-16)33(23)31-14-17-3-8-21(29)9-4-17/h1-15H/b30-13-,31-14+,32-26+. The van der Waals surface area contributed by atoms with Gasteiger partial charge in [0, 0.05) is 25.3 Å². The van der Waals surface area contributed by atoms with Crippen LogP contribution in [0.25, 0.3) is 22.2 Å². The van der Waals surface area contributed by atoms with Crippen molar-refractivity contribution in [2.24, 2.45) is 15.3 Å². The van der Waals surface area contributed by atoms with Gasteiger partial charge in [-0.15, -0.1) is 16.4 Å². The lowest BCUT2D eigenvalue weighted by molar-refractivity contribution is 0.562. The van der Waals surface area contributed by atoms with Crippen molar-refractivity contribution in [3.63, 3.8) is 0 Å². The van der Waals surface area contributed by atoms with Crippen molar-refractivity contribution in [1.82, 2.24) is 4.68 Å². The van der Waals surface area contributed by atoms with Crippen molar-refractivity contribution in [2.45, 2.75) is 0 Å². The zero-order valence-corrected chi connectivity index (χ0v) is 22.2. The number of nitrogens with zero attached hydrogens (tertiary/aromatic N) is 4. The molecule has 2 aromatic heterocycles. The normalized spacial score (nSPS) is 12.4. The fourth-order valence-electron chi connectivity index (χ4n) is 3.31. The average molecular weight is 598 g/mol. The first-order valence-corrected chi connectivity index (χ1v) is 13.0. The molecule has 5 rings (SSSR count). The van der Waals surface area contributed by atoms with Gasteiger partial charge in [-0.05, 0) is 59.7 Å². The minimum Gasteiger partial charge on any atom is -0.422 e. The molecule has 0 aliphatic heterocycles. The number of rotatable bonds is 5. The number of hydrogen-bond acceptors (Lipinski definition) is 6. The molecule has 0 aliphatic rings. The van der Waals surface area contributed by atoms with Gasteiger partial charge in [0.25, 0.3) is 0 Å². The molecule has 2 heterocycles. The zero-order chi connectivity index (χ0) is 25.1. The first kappa shape index (κ1) is 24.4. The molecule has 178 valence electrons. The Morgan fingerprint density at radius 3 is 2.25 bits per heavy atom. The first-order valence-electron chi connectivity index (χ1n) is 10.5. The molecule has 0 aliphatic carbocycles. The summed E-state index contributed by atoms with van der Waals surface area (Å²) < 4.78 is 8.01. The van der Waals surface area contributed by atoms with E-state index >= 15 is 0 Å². The summed E-state index contributed by atoms with van der Waals surface area (Å²) in [4.78, 5) is 13.4. The van der Waals surface area contributed by atoms with Crippen LogP contribution >= 0.6 is 50.5 Å². The molecule has 0 radical (unpaired) electrons. The van der Waals surface area contributed by atoms with Gasteiger partial charge in [0.15, 0.2) is 0 Å². The molecule has 0 fully saturated rings. The highest BCUT2D eigenvalue weighted by atomic mass is 79.9. The highest BCUT2D eigenvalue weighted by Crippen LogP contribution is 2.24. The molecule has 0 atom stereocenters. The zero-order valence-electron chi connectivity index (χ0n) is 18.3. The molecule has 0 N–H and O–H groups in total. The minimum atomic E-state index is -0.478. The van der Waals surface area contributed by atoms with E-state index in [4.69, 9.17) is 27.6 Å². The van der Waals surface area contributed by atoms with Crippen LogP contribution in [0.15, 0.2) is 107 Å². The monoisotopic (exact) mass is 596 g/mol. The van der Waals surface area contributed by atoms with Crippen molar-refractivity contribution in [3.8, 4) is 11.3 Å². The minimum absolute atomic E-state index is 0.355. The molecule has 0 saturated heterocycles. The van der Waals surface area contributed by atoms with Gasteiger partial charge in [-0.25, -0.2) is 9.47 Å². The highest BCUT2D eigenvalue weighted by molar-refractivity contribution is 9.10. The van der Waals surface area contributed by atoms with Crippen LogP contribution in [0.3, 0.4) is 0 Å². The van der Waals surface area contributed by atoms with Gasteiger partial charge in [-0.2, -0.15) is 10.2 Å². The van der Waals surface area contributed by atoms with Gasteiger partial charge in [-0.3, -0.25) is 0 Å². The summed E-state index contributed by atoms with van der Waals surface area (Å²) >= 11 is 16.7. The molecule has 0 amide bonds. The summed E-state index contributed by atoms with van der Waals surface area (Å²) in [5.74, 6) is 0. The fourth-order valence-corrected chi connectivity index (χ4v) is 4.72. The molecule has 0 unspecified atom stereocenters. The van der Waals surface area contributed by atoms with Crippen LogP contribution in [-0.4, -0.2) is 17.1 Å². The maximum Gasteiger partial charge on any atom is 0.345 e. The van der Waals surface area contributed by atoms with Gasteiger partial charge in [0.05, 0.1) is 23.7 Å². The van der Waals surface area contributed by atoms with E-state index in [9.17, 15) is 4.79 Å². The Morgan fingerprint density at radius 1 is 0.889 bits per heavy atom. The fraction of sp³-hybridized carbons (Fsp3) is 0. The topological polar surface area (TPSA) is 72.2 Å². The lowest BCUT2D eigenvalue weighted by Crippen LogP contribution is -2.14. The van der Waals surface area contributed by atoms with Crippen LogP contribution in [0.4, 0.5) is 0 Å². The average Bonchev–Trinajstić information content (AvgIpc) is 3.27. The smallest absolute Gasteiger partial charge is 0.345 e. The van der Waals surface area contributed by atoms with Gasteiger partial charge < -0.3 is 4.42 Å². The molecule has 36 heavy (non-hydrogen) atoms. The Morgan fingerprint density at radius 2 is 1.56 bits per heavy atom. The Bertz CT molecular complexity index is 1740. The molecule has 6 nitrogen and oxygen atoms in total. The Hall–Kier alpha value is -3.30. The number of aromatic nitrogens is 1. The van der Waals surface area contributed by atoms with Crippen molar-refractivity contribution >= 4 is 73.9 Å². The second-order valence-corrected chi connectivity index (χ2v) is 10.2. The molecule has 3 aromatic carbocycles. The van der Waals surface area contributed by atoms with Gasteiger partial charge in [0.1, 0.15) is 5.58 Å². The van der Waals surface area contributed by atoms with Crippen LogP contribution in [0.1, 0.15) is 11.1 Å². The summed E-state index contributed by atoms with van der Waals surface area (Å²) in [5, 5.41) is 17.0. The largest absolute Gasteiger partial charge is 0.422 e. The van der Waals surface area contributed by atoms with Gasteiger partial charge >= 0.3 is 5.63 Å². The van der Waals surface area contributed by atoms with Crippen LogP contribution in [0.5, 0.6) is 0 Å². The molecule has 5 aromatic rings. The molecular formula is C26H15BrCl2N4O2S. The third-order valence-corrected chi connectivity index (χ3v) is 6.87. The van der Waals surface area contributed by atoms with Crippen molar-refractivity contribution < 1.29 is 4.42 Å². The summed E-state index contributed by atoms with van der Waals surface area (Å²) in [6.07, 6.45) is 3.28. The molecule has 0 spiro atoms. The number of halogens is 3. The number of thiazole rings is 1. The van der Waals surface area contributed by atoms with Crippen molar-refractivity contribution in [1.29, 1.82) is 0 Å². The summed E-state index contributed by atoms with van der Waals surface area (Å²) in [6, 6.07) is 21.7. The van der Waals surface area contributed by atoms with Crippen LogP contribution < -0.4 is 10.4 Å². The van der Waals surface area contributed by atoms with Crippen molar-refractivity contribution in [3.05, 3.63) is 119 Å². The summed E-state index contributed by atoms with van der Waals surface area (Å²) in [6.45, 7) is 0. The summed E-state index contributed by atoms with van der Waals surface area (Å²) in [7, 11) is 0. The highest BCUT2D eigenvalue weighted by Gasteiger charge is 2.14. The Kier molecular flexibility index (Phi) is 7.29. The van der Waals surface area contributed by atoms with E-state index < -0.39 is 5.63 Å². The Labute approximate surface area is 227 Å². The molecule has 10 heteroatoms. The maximum atomic E-state index is 12.9. The van der Waals surface area contributed by atoms with Crippen molar-refractivity contribution in [2.75, 3.05) is 0 Å². The third kappa shape index (κ3) is 5.57. The number of hydrogen-bond donors (Lipinski definition) is 0. The quantitative estimate of drug-likeness (QED) is 0.122. The molecule has 0 bridgehead atoms. The van der Waals surface area contributed by atoms with E-state index in [1.165, 1.54) is 11.3 Å². The third-order valence-electron chi connectivity index (χ3n) is 5.07. The van der Waals surface area contributed by atoms with Crippen LogP contribution in [-0.2, 0) is 0 Å². The second kappa shape index (κ2) is 10.8. The van der Waals surface area contributed by atoms with Crippen LogP contribution in [0, 0.1) is 0 Å². The van der Waals surface area contributed by atoms with E-state index in [2.05, 4.69) is 31.2 Å². The van der Waals surface area contributed by atoms with Crippen LogP contribution in [0.2, 0.25) is 10.0 Å². The predicted molar refractivity (Wildman–Crippen MR) is 151 cm³/mol. The molecular weight excluding hydrogens is 583 g/mol. The second-order valence-electron chi connectivity index (χ2n) is 7.54. The van der Waals surface area contributed by atoms with Gasteiger partial charge in [-0.1, -0.05) is 63.4 Å². The molecule has 0 saturated carbocycles. The van der Waals surface area contributed by atoms with E-state index in [0.29, 0.717) is 31.7 Å². The Balaban J connectivity index is 1.62.